The number of rotatable bonds is 0. The molecule has 0 saturated heterocycles. The molecule has 156 valence electrons. The number of fused-ring (bicyclic) bond motifs is 5. The van der Waals surface area contributed by atoms with Gasteiger partial charge in [-0.1, -0.05) is 49.5 Å². The summed E-state index contributed by atoms with van der Waals surface area (Å²) < 4.78 is 42.8. The molecule has 0 saturated carbocycles. The predicted octanol–water partition coefficient (Wildman–Crippen LogP) is 5.50. The van der Waals surface area contributed by atoms with E-state index in [0.29, 0.717) is 16.6 Å². The number of pyridine rings is 2. The maximum Gasteiger partial charge on any atom is 0.417 e. The van der Waals surface area contributed by atoms with Crippen molar-refractivity contribution in [3.05, 3.63) is 66.4 Å². The van der Waals surface area contributed by atoms with Crippen molar-refractivity contribution in [3.8, 4) is 0 Å². The van der Waals surface area contributed by atoms with Crippen LogP contribution in [0.25, 0.3) is 49.3 Å². The lowest BCUT2D eigenvalue weighted by atomic mass is 10.0. The van der Waals surface area contributed by atoms with Crippen LogP contribution in [0, 0.1) is 0 Å². The summed E-state index contributed by atoms with van der Waals surface area (Å²) in [5.74, 6) is 0. The molecule has 7 rings (SSSR count). The summed E-state index contributed by atoms with van der Waals surface area (Å²) in [5, 5.41) is 6.12. The Balaban J connectivity index is 1.88. The van der Waals surface area contributed by atoms with Crippen LogP contribution in [-0.2, 0) is 6.18 Å². The second-order valence-corrected chi connectivity index (χ2v) is 13.3. The summed E-state index contributed by atoms with van der Waals surface area (Å²) in [4.78, 5) is 9.19. The van der Waals surface area contributed by atoms with Crippen molar-refractivity contribution >= 4 is 67.7 Å². The average Bonchev–Trinajstić information content (AvgIpc) is 3.16. The number of para-hydroxylation sites is 1. The molecule has 4 heterocycles. The van der Waals surface area contributed by atoms with Gasteiger partial charge >= 0.3 is 6.18 Å². The molecule has 3 aromatic carbocycles. The zero-order valence-electron chi connectivity index (χ0n) is 17.2. The van der Waals surface area contributed by atoms with Gasteiger partial charge in [-0.05, 0) is 39.3 Å². The average molecular weight is 444 g/mol. The van der Waals surface area contributed by atoms with Crippen molar-refractivity contribution in [2.24, 2.45) is 0 Å². The maximum atomic E-state index is 13.6. The minimum atomic E-state index is -4.47. The summed E-state index contributed by atoms with van der Waals surface area (Å²) in [5.41, 5.74) is 3.22. The first kappa shape index (κ1) is 18.2. The van der Waals surface area contributed by atoms with Crippen molar-refractivity contribution in [1.29, 1.82) is 0 Å². The van der Waals surface area contributed by atoms with E-state index >= 15 is 0 Å². The fourth-order valence-corrected chi connectivity index (χ4v) is 8.90. The minimum Gasteiger partial charge on any atom is -0.292 e. The van der Waals surface area contributed by atoms with Crippen LogP contribution in [0.3, 0.4) is 0 Å². The molecule has 3 nitrogen and oxygen atoms in total. The number of hydrogen-bond acceptors (Lipinski definition) is 2. The van der Waals surface area contributed by atoms with Crippen LogP contribution in [0.5, 0.6) is 0 Å². The van der Waals surface area contributed by atoms with E-state index in [0.717, 1.165) is 33.5 Å². The van der Waals surface area contributed by atoms with E-state index in [1.165, 1.54) is 21.8 Å². The van der Waals surface area contributed by atoms with Gasteiger partial charge in [-0.3, -0.25) is 9.38 Å². The van der Waals surface area contributed by atoms with Gasteiger partial charge in [-0.25, -0.2) is 4.98 Å². The molecule has 7 heteroatoms. The van der Waals surface area contributed by atoms with Crippen molar-refractivity contribution in [1.82, 2.24) is 14.4 Å². The highest BCUT2D eigenvalue weighted by atomic mass is 28.3. The smallest absolute Gasteiger partial charge is 0.292 e. The van der Waals surface area contributed by atoms with Gasteiger partial charge in [0, 0.05) is 17.0 Å². The summed E-state index contributed by atoms with van der Waals surface area (Å²) in [7, 11) is -2.14. The number of hydrogen-bond donors (Lipinski definition) is 0. The highest BCUT2D eigenvalue weighted by molar-refractivity contribution is 7.04. The Bertz CT molecular complexity index is 1800. The van der Waals surface area contributed by atoms with Gasteiger partial charge in [0.1, 0.15) is 13.7 Å². The van der Waals surface area contributed by atoms with E-state index in [1.54, 1.807) is 0 Å². The monoisotopic (exact) mass is 443 g/mol. The van der Waals surface area contributed by atoms with Crippen molar-refractivity contribution in [2.75, 3.05) is 0 Å². The van der Waals surface area contributed by atoms with Gasteiger partial charge in [-0.2, -0.15) is 13.2 Å². The summed E-state index contributed by atoms with van der Waals surface area (Å²) in [6.07, 6.45) is -3.53. The lowest BCUT2D eigenvalue weighted by molar-refractivity contribution is -0.137. The third-order valence-electron chi connectivity index (χ3n) is 6.93. The highest BCUT2D eigenvalue weighted by Crippen LogP contribution is 2.38. The van der Waals surface area contributed by atoms with Crippen LogP contribution in [0.2, 0.25) is 13.1 Å². The Labute approximate surface area is 181 Å². The summed E-state index contributed by atoms with van der Waals surface area (Å²) in [6, 6.07) is 17.6. The summed E-state index contributed by atoms with van der Waals surface area (Å²) >= 11 is 0. The largest absolute Gasteiger partial charge is 0.417 e. The normalized spacial score (nSPS) is 15.3. The maximum absolute atomic E-state index is 13.6. The van der Waals surface area contributed by atoms with E-state index in [9.17, 15) is 13.2 Å². The SMILES string of the molecule is C[Si]1(C)c2cccc3nc4c5cc(C(F)(F)F)cnc5c5cc6ccccc6c1c5n4c23. The molecule has 32 heavy (non-hydrogen) atoms. The molecule has 0 spiro atoms. The molecule has 0 radical (unpaired) electrons. The Hall–Kier alpha value is -3.45. The van der Waals surface area contributed by atoms with E-state index in [4.69, 9.17) is 4.98 Å². The zero-order valence-corrected chi connectivity index (χ0v) is 18.2. The highest BCUT2D eigenvalue weighted by Gasteiger charge is 2.38. The number of halogens is 3. The molecule has 0 fully saturated rings. The molecule has 6 aromatic rings. The Kier molecular flexibility index (Phi) is 3.11. The number of nitrogens with zero attached hydrogens (tertiary/aromatic N) is 3. The zero-order chi connectivity index (χ0) is 22.0. The van der Waals surface area contributed by atoms with Gasteiger partial charge in [-0.15, -0.1) is 0 Å². The molecular weight excluding hydrogens is 427 g/mol. The Morgan fingerprint density at radius 3 is 2.50 bits per heavy atom. The van der Waals surface area contributed by atoms with Gasteiger partial charge in [0.25, 0.3) is 0 Å². The van der Waals surface area contributed by atoms with Crippen LogP contribution in [0.15, 0.2) is 60.8 Å². The van der Waals surface area contributed by atoms with Crippen molar-refractivity contribution in [3.63, 3.8) is 0 Å². The molecule has 0 unspecified atom stereocenters. The molecule has 0 atom stereocenters. The fourth-order valence-electron chi connectivity index (χ4n) is 5.55. The van der Waals surface area contributed by atoms with Crippen molar-refractivity contribution in [2.45, 2.75) is 19.3 Å². The Morgan fingerprint density at radius 1 is 0.875 bits per heavy atom. The summed E-state index contributed by atoms with van der Waals surface area (Å²) in [6.45, 7) is 4.69. The predicted molar refractivity (Wildman–Crippen MR) is 125 cm³/mol. The van der Waals surface area contributed by atoms with Gasteiger partial charge in [0.15, 0.2) is 0 Å². The lowest BCUT2D eigenvalue weighted by Gasteiger charge is -2.32. The molecule has 0 N–H and O–H groups in total. The molecule has 0 bridgehead atoms. The minimum absolute atomic E-state index is 0.428. The van der Waals surface area contributed by atoms with Crippen LogP contribution < -0.4 is 10.4 Å². The number of aromatic nitrogens is 3. The van der Waals surface area contributed by atoms with Crippen LogP contribution in [0.1, 0.15) is 5.56 Å². The topological polar surface area (TPSA) is 30.2 Å². The van der Waals surface area contributed by atoms with Gasteiger partial charge in [0.05, 0.1) is 27.6 Å². The quantitative estimate of drug-likeness (QED) is 0.176. The van der Waals surface area contributed by atoms with Crippen LogP contribution in [0.4, 0.5) is 13.2 Å². The van der Waals surface area contributed by atoms with E-state index in [1.807, 2.05) is 24.3 Å². The Morgan fingerprint density at radius 2 is 1.69 bits per heavy atom. The first-order valence-corrected chi connectivity index (χ1v) is 13.4. The van der Waals surface area contributed by atoms with Crippen LogP contribution >= 0.6 is 0 Å². The second-order valence-electron chi connectivity index (χ2n) is 9.06. The lowest BCUT2D eigenvalue weighted by Crippen LogP contribution is -2.56. The van der Waals surface area contributed by atoms with Crippen molar-refractivity contribution < 1.29 is 13.2 Å². The molecule has 0 aliphatic carbocycles. The third-order valence-corrected chi connectivity index (χ3v) is 10.4. The first-order valence-electron chi connectivity index (χ1n) is 10.4. The molecule has 3 aromatic heterocycles. The number of alkyl halides is 3. The van der Waals surface area contributed by atoms with Gasteiger partial charge < -0.3 is 0 Å². The third kappa shape index (κ3) is 2.02. The van der Waals surface area contributed by atoms with Gasteiger partial charge in [0.2, 0.25) is 0 Å². The van der Waals surface area contributed by atoms with E-state index in [2.05, 4.69) is 46.7 Å². The van der Waals surface area contributed by atoms with E-state index < -0.39 is 19.8 Å². The molecular formula is C25H16F3N3Si. The molecule has 0 amide bonds. The molecule has 1 aliphatic heterocycles. The standard InChI is InChI=1S/C25H16F3N3Si/c1-32(2)19-9-5-8-18-22(19)31-21-16(10-13-6-3-4-7-15(13)23(21)32)20-17(24(31)30-18)11-14(12-29-20)25(26,27)28/h3-12H,1-2H3. The fraction of sp³-hybridized carbons (Fsp3) is 0.120. The molecule has 1 aliphatic rings. The number of benzene rings is 3. The first-order chi connectivity index (χ1) is 15.3. The van der Waals surface area contributed by atoms with E-state index in [-0.39, 0.29) is 0 Å². The number of imidazole rings is 1. The second kappa shape index (κ2) is 5.47. The van der Waals surface area contributed by atoms with Crippen LogP contribution in [-0.4, -0.2) is 22.4 Å².